The molecule has 1 heterocycles. The van der Waals surface area contributed by atoms with Gasteiger partial charge in [-0.15, -0.1) is 0 Å². The molecule has 0 amide bonds. The van der Waals surface area contributed by atoms with Crippen LogP contribution in [0.1, 0.15) is 30.4 Å². The molecule has 5 heteroatoms. The van der Waals surface area contributed by atoms with Crippen LogP contribution in [0.25, 0.3) is 0 Å². The Morgan fingerprint density at radius 2 is 2.11 bits per heavy atom. The first kappa shape index (κ1) is 13.5. The van der Waals surface area contributed by atoms with Gasteiger partial charge in [0.25, 0.3) is 10.1 Å². The topological polar surface area (TPSA) is 52.6 Å². The highest BCUT2D eigenvalue weighted by Crippen LogP contribution is 2.31. The van der Waals surface area contributed by atoms with Crippen molar-refractivity contribution in [3.05, 3.63) is 29.3 Å². The molecule has 0 atom stereocenters. The summed E-state index contributed by atoms with van der Waals surface area (Å²) in [5.41, 5.74) is 1.86. The zero-order valence-electron chi connectivity index (χ0n) is 10.7. The van der Waals surface area contributed by atoms with E-state index in [1.54, 1.807) is 12.1 Å². The zero-order valence-corrected chi connectivity index (χ0v) is 11.5. The molecule has 0 aromatic heterocycles. The third-order valence-electron chi connectivity index (χ3n) is 2.96. The Kier molecular flexibility index (Phi) is 4.04. The van der Waals surface area contributed by atoms with Crippen molar-refractivity contribution in [2.24, 2.45) is 0 Å². The van der Waals surface area contributed by atoms with Crippen LogP contribution in [0.3, 0.4) is 0 Å². The molecule has 1 aromatic rings. The molecule has 0 aliphatic carbocycles. The van der Waals surface area contributed by atoms with Gasteiger partial charge in [-0.05, 0) is 25.0 Å². The lowest BCUT2D eigenvalue weighted by Crippen LogP contribution is -2.27. The molecule has 18 heavy (non-hydrogen) atoms. The third-order valence-corrected chi connectivity index (χ3v) is 4.34. The molecule has 4 nitrogen and oxygen atoms in total. The molecule has 1 saturated heterocycles. The van der Waals surface area contributed by atoms with Gasteiger partial charge in [0.2, 0.25) is 0 Å². The molecule has 0 N–H and O–H groups in total. The first-order valence-electron chi connectivity index (χ1n) is 6.12. The number of aryl methyl sites for hydroxylation is 1. The molecule has 2 rings (SSSR count). The summed E-state index contributed by atoms with van der Waals surface area (Å²) in [4.78, 5) is 0.287. The molecule has 1 aliphatic rings. The highest BCUT2D eigenvalue weighted by atomic mass is 32.2. The predicted molar refractivity (Wildman–Crippen MR) is 68.2 cm³/mol. The van der Waals surface area contributed by atoms with Crippen molar-refractivity contribution in [1.82, 2.24) is 0 Å². The van der Waals surface area contributed by atoms with E-state index in [0.717, 1.165) is 11.1 Å². The van der Waals surface area contributed by atoms with Gasteiger partial charge in [0.15, 0.2) is 0 Å². The average Bonchev–Trinajstić information content (AvgIpc) is 2.24. The maximum atomic E-state index is 12.1. The van der Waals surface area contributed by atoms with Crippen LogP contribution in [0, 0.1) is 6.92 Å². The second-order valence-electron chi connectivity index (χ2n) is 4.55. The van der Waals surface area contributed by atoms with Gasteiger partial charge < -0.3 is 4.74 Å². The summed E-state index contributed by atoms with van der Waals surface area (Å²) >= 11 is 0. The number of hydrogen-bond donors (Lipinski definition) is 0. The van der Waals surface area contributed by atoms with Gasteiger partial charge in [-0.3, -0.25) is 4.18 Å². The average molecular weight is 270 g/mol. The van der Waals surface area contributed by atoms with Gasteiger partial charge in [-0.1, -0.05) is 24.6 Å². The maximum absolute atomic E-state index is 12.1. The van der Waals surface area contributed by atoms with E-state index in [4.69, 9.17) is 8.92 Å². The van der Waals surface area contributed by atoms with Crippen LogP contribution in [0.2, 0.25) is 0 Å². The number of benzene rings is 1. The molecule has 0 saturated carbocycles. The standard InChI is InChI=1S/C13H18O4S/c1-3-6-17-18(14,15)13-5-4-10(2)7-12(13)11-8-16-9-11/h4-5,7,11H,3,6,8-9H2,1-2H3. The minimum atomic E-state index is -3.65. The van der Waals surface area contributed by atoms with Crippen molar-refractivity contribution in [3.8, 4) is 0 Å². The van der Waals surface area contributed by atoms with E-state index in [-0.39, 0.29) is 17.4 Å². The molecule has 1 aliphatic heterocycles. The van der Waals surface area contributed by atoms with Gasteiger partial charge in [-0.25, -0.2) is 0 Å². The Labute approximate surface area is 108 Å². The molecule has 1 fully saturated rings. The highest BCUT2D eigenvalue weighted by Gasteiger charge is 2.28. The van der Waals surface area contributed by atoms with Crippen LogP contribution in [0.15, 0.2) is 23.1 Å². The monoisotopic (exact) mass is 270 g/mol. The van der Waals surface area contributed by atoms with Crippen molar-refractivity contribution >= 4 is 10.1 Å². The van der Waals surface area contributed by atoms with Crippen LogP contribution in [0.4, 0.5) is 0 Å². The number of ether oxygens (including phenoxy) is 1. The largest absolute Gasteiger partial charge is 0.380 e. The first-order chi connectivity index (χ1) is 8.54. The Hall–Kier alpha value is -0.910. The quantitative estimate of drug-likeness (QED) is 0.770. The first-order valence-corrected chi connectivity index (χ1v) is 7.53. The number of hydrogen-bond acceptors (Lipinski definition) is 4. The Bertz CT molecular complexity index is 518. The number of rotatable bonds is 5. The van der Waals surface area contributed by atoms with Crippen molar-refractivity contribution < 1.29 is 17.3 Å². The van der Waals surface area contributed by atoms with Crippen molar-refractivity contribution in [2.75, 3.05) is 19.8 Å². The van der Waals surface area contributed by atoms with E-state index >= 15 is 0 Å². The Balaban J connectivity index is 2.37. The van der Waals surface area contributed by atoms with Gasteiger partial charge in [0.1, 0.15) is 0 Å². The van der Waals surface area contributed by atoms with Crippen molar-refractivity contribution in [1.29, 1.82) is 0 Å². The summed E-state index contributed by atoms with van der Waals surface area (Å²) in [6, 6.07) is 5.34. The molecular weight excluding hydrogens is 252 g/mol. The fourth-order valence-electron chi connectivity index (χ4n) is 1.89. The summed E-state index contributed by atoms with van der Waals surface area (Å²) in [6.07, 6.45) is 0.674. The van der Waals surface area contributed by atoms with Crippen LogP contribution in [-0.2, 0) is 19.0 Å². The maximum Gasteiger partial charge on any atom is 0.297 e. The van der Waals surface area contributed by atoms with E-state index in [0.29, 0.717) is 19.6 Å². The summed E-state index contributed by atoms with van der Waals surface area (Å²) in [7, 11) is -3.65. The molecule has 100 valence electrons. The Morgan fingerprint density at radius 3 is 2.67 bits per heavy atom. The second kappa shape index (κ2) is 5.38. The van der Waals surface area contributed by atoms with Crippen molar-refractivity contribution in [3.63, 3.8) is 0 Å². The van der Waals surface area contributed by atoms with E-state index in [1.165, 1.54) is 0 Å². The Morgan fingerprint density at radius 1 is 1.39 bits per heavy atom. The highest BCUT2D eigenvalue weighted by molar-refractivity contribution is 7.86. The summed E-state index contributed by atoms with van der Waals surface area (Å²) < 4.78 is 34.3. The van der Waals surface area contributed by atoms with Gasteiger partial charge >= 0.3 is 0 Å². The second-order valence-corrected chi connectivity index (χ2v) is 6.14. The van der Waals surface area contributed by atoms with Crippen LogP contribution < -0.4 is 0 Å². The smallest absolute Gasteiger partial charge is 0.297 e. The van der Waals surface area contributed by atoms with Gasteiger partial charge in [0.05, 0.1) is 24.7 Å². The lowest BCUT2D eigenvalue weighted by molar-refractivity contribution is 0.00724. The fraction of sp³-hybridized carbons (Fsp3) is 0.538. The molecule has 0 radical (unpaired) electrons. The van der Waals surface area contributed by atoms with Crippen molar-refractivity contribution in [2.45, 2.75) is 31.1 Å². The van der Waals surface area contributed by atoms with E-state index < -0.39 is 10.1 Å². The predicted octanol–water partition coefficient (Wildman–Crippen LogP) is 2.22. The van der Waals surface area contributed by atoms with E-state index in [2.05, 4.69) is 0 Å². The lowest BCUT2D eigenvalue weighted by Gasteiger charge is -2.28. The zero-order chi connectivity index (χ0) is 13.2. The molecule has 0 spiro atoms. The van der Waals surface area contributed by atoms with Gasteiger partial charge in [0, 0.05) is 5.92 Å². The summed E-state index contributed by atoms with van der Waals surface area (Å²) in [6.45, 7) is 5.22. The van der Waals surface area contributed by atoms with Crippen LogP contribution in [0.5, 0.6) is 0 Å². The molecular formula is C13H18O4S. The molecule has 0 bridgehead atoms. The van der Waals surface area contributed by atoms with Gasteiger partial charge in [-0.2, -0.15) is 8.42 Å². The normalized spacial score (nSPS) is 16.6. The minimum Gasteiger partial charge on any atom is -0.380 e. The van der Waals surface area contributed by atoms with Crippen LogP contribution in [-0.4, -0.2) is 28.2 Å². The summed E-state index contributed by atoms with van der Waals surface area (Å²) in [5, 5.41) is 0. The SMILES string of the molecule is CCCOS(=O)(=O)c1ccc(C)cc1C1COC1. The fourth-order valence-corrected chi connectivity index (χ4v) is 3.15. The van der Waals surface area contributed by atoms with E-state index in [1.807, 2.05) is 19.9 Å². The van der Waals surface area contributed by atoms with E-state index in [9.17, 15) is 8.42 Å². The minimum absolute atomic E-state index is 0.167. The van der Waals surface area contributed by atoms with Crippen LogP contribution >= 0.6 is 0 Å². The summed E-state index contributed by atoms with van der Waals surface area (Å²) in [5.74, 6) is 0.167. The molecule has 1 aromatic carbocycles. The lowest BCUT2D eigenvalue weighted by atomic mass is 9.96. The molecule has 0 unspecified atom stereocenters. The third kappa shape index (κ3) is 2.74.